The fraction of sp³-hybridized carbons (Fsp3) is 0.368. The average Bonchev–Trinajstić information content (AvgIpc) is 3.92. The summed E-state index contributed by atoms with van der Waals surface area (Å²) in [5, 5.41) is 9.62. The summed E-state index contributed by atoms with van der Waals surface area (Å²) in [6.07, 6.45) is 4.31. The average molecular weight is 700 g/mol. The number of ether oxygens (including phenoxy) is 2. The number of aromatic nitrogens is 3. The number of esters is 1. The number of H-pyrrole nitrogens is 1. The lowest BCUT2D eigenvalue weighted by atomic mass is 9.91. The van der Waals surface area contributed by atoms with Gasteiger partial charge in [-0.1, -0.05) is 30.3 Å². The van der Waals surface area contributed by atoms with Crippen molar-refractivity contribution in [3.05, 3.63) is 77.2 Å². The molecule has 13 heteroatoms. The Morgan fingerprint density at radius 1 is 1.00 bits per heavy atom. The van der Waals surface area contributed by atoms with Crippen molar-refractivity contribution in [2.24, 2.45) is 0 Å². The number of oxazole rings is 1. The molecular formula is C38H39F2N5O6. The van der Waals surface area contributed by atoms with E-state index >= 15 is 0 Å². The van der Waals surface area contributed by atoms with Gasteiger partial charge in [0.15, 0.2) is 5.58 Å². The molecular weight excluding hydrogens is 660 g/mol. The lowest BCUT2D eigenvalue weighted by Gasteiger charge is -2.24. The number of carboxylic acid groups (broad SMARTS) is 1. The number of nitrogens with one attached hydrogen (secondary N) is 1. The van der Waals surface area contributed by atoms with Crippen molar-refractivity contribution >= 4 is 23.2 Å². The molecule has 5 aromatic rings. The van der Waals surface area contributed by atoms with Crippen molar-refractivity contribution in [1.82, 2.24) is 24.8 Å². The molecule has 0 spiro atoms. The predicted octanol–water partition coefficient (Wildman–Crippen LogP) is 8.11. The number of rotatable bonds is 10. The number of carbonyl (C=O) groups excluding carboxylic acids is 1. The van der Waals surface area contributed by atoms with Crippen molar-refractivity contribution in [2.45, 2.75) is 71.2 Å². The molecule has 2 aliphatic heterocycles. The highest BCUT2D eigenvalue weighted by atomic mass is 19.3. The Bertz CT molecular complexity index is 2090. The van der Waals surface area contributed by atoms with E-state index in [4.69, 9.17) is 23.9 Å². The number of methoxy groups -OCH3 is 1. The van der Waals surface area contributed by atoms with Gasteiger partial charge in [0, 0.05) is 48.1 Å². The normalized spacial score (nSPS) is 17.9. The number of nitrogens with zero attached hydrogens (tertiary/aromatic N) is 4. The second-order valence-corrected chi connectivity index (χ2v) is 13.1. The summed E-state index contributed by atoms with van der Waals surface area (Å²) in [6, 6.07) is 14.7. The lowest BCUT2D eigenvalue weighted by Crippen LogP contribution is -2.31. The van der Waals surface area contributed by atoms with Gasteiger partial charge in [-0.3, -0.25) is 14.6 Å². The van der Waals surface area contributed by atoms with E-state index in [1.165, 1.54) is 18.1 Å². The van der Waals surface area contributed by atoms with E-state index in [0.717, 1.165) is 71.3 Å². The smallest absolute Gasteiger partial charge is 0.407 e. The number of hydrogen-bond donors (Lipinski definition) is 2. The molecule has 51 heavy (non-hydrogen) atoms. The quantitative estimate of drug-likeness (QED) is 0.139. The molecule has 2 aliphatic rings. The van der Waals surface area contributed by atoms with Crippen LogP contribution in [0.1, 0.15) is 60.7 Å². The number of halogens is 2. The van der Waals surface area contributed by atoms with E-state index in [1.54, 1.807) is 6.07 Å². The Balaban J connectivity index is 1.20. The number of fused-ring (bicyclic) bond motifs is 1. The van der Waals surface area contributed by atoms with Crippen molar-refractivity contribution < 1.29 is 37.4 Å². The summed E-state index contributed by atoms with van der Waals surface area (Å²) in [5.74, 6) is 0.678. The van der Waals surface area contributed by atoms with Crippen molar-refractivity contribution in [1.29, 1.82) is 0 Å². The van der Waals surface area contributed by atoms with Crippen LogP contribution < -0.4 is 4.74 Å². The van der Waals surface area contributed by atoms with E-state index in [0.29, 0.717) is 41.5 Å². The minimum Gasteiger partial charge on any atom is -0.469 e. The first-order valence-electron chi connectivity index (χ1n) is 17.1. The molecule has 11 nitrogen and oxygen atoms in total. The number of imidazole rings is 1. The van der Waals surface area contributed by atoms with Crippen LogP contribution in [0.5, 0.6) is 5.75 Å². The minimum atomic E-state index is -3.03. The molecule has 266 valence electrons. The molecule has 2 N–H and O–H groups in total. The zero-order chi connectivity index (χ0) is 35.8. The predicted molar refractivity (Wildman–Crippen MR) is 185 cm³/mol. The summed E-state index contributed by atoms with van der Waals surface area (Å²) in [4.78, 5) is 40.1. The molecule has 2 fully saturated rings. The van der Waals surface area contributed by atoms with E-state index in [1.807, 2.05) is 56.4 Å². The van der Waals surface area contributed by atoms with Gasteiger partial charge in [0.05, 0.1) is 25.3 Å². The molecule has 0 unspecified atom stereocenters. The van der Waals surface area contributed by atoms with Crippen LogP contribution in [0.3, 0.4) is 0 Å². The van der Waals surface area contributed by atoms with Crippen LogP contribution >= 0.6 is 0 Å². The first kappa shape index (κ1) is 34.2. The number of carbonyl (C=O) groups is 2. The van der Waals surface area contributed by atoms with Crippen LogP contribution in [0.4, 0.5) is 13.6 Å². The molecule has 0 aliphatic carbocycles. The molecule has 3 aromatic carbocycles. The largest absolute Gasteiger partial charge is 0.469 e. The Morgan fingerprint density at radius 2 is 1.71 bits per heavy atom. The molecule has 7 rings (SSSR count). The second-order valence-electron chi connectivity index (χ2n) is 13.1. The number of hydrogen-bond acceptors (Lipinski definition) is 8. The number of amides is 1. The van der Waals surface area contributed by atoms with Gasteiger partial charge in [-0.2, -0.15) is 8.78 Å². The van der Waals surface area contributed by atoms with E-state index < -0.39 is 12.7 Å². The van der Waals surface area contributed by atoms with Gasteiger partial charge in [0.25, 0.3) is 0 Å². The van der Waals surface area contributed by atoms with Crippen LogP contribution in [0.25, 0.3) is 44.9 Å². The maximum absolute atomic E-state index is 13.6. The molecule has 0 bridgehead atoms. The van der Waals surface area contributed by atoms with Gasteiger partial charge in [0.2, 0.25) is 5.89 Å². The van der Waals surface area contributed by atoms with Crippen molar-refractivity contribution in [3.8, 4) is 39.6 Å². The van der Waals surface area contributed by atoms with Crippen LogP contribution in [-0.2, 0) is 16.1 Å². The third-order valence-electron chi connectivity index (χ3n) is 10.2. The Labute approximate surface area is 293 Å². The van der Waals surface area contributed by atoms with Crippen LogP contribution in [0.2, 0.25) is 0 Å². The standard InChI is InChI=1S/C38H39F2N5O6/c1-21-25(9-4-11-27(21)30-19-41-35(42-30)31-13-7-15-45(31)38(47)48)26-10-5-12-28(22(26)2)36-43-29-16-23(32(51-37(39)40)18-33(29)50-36)20-44-14-6-8-24(44)17-34(46)49-3/h4-5,9-12,16,18-19,24,31,37H,6-8,13-15,17,20H2,1-3H3,(H,41,42)(H,47,48)/t24-,31-/m0/s1. The van der Waals surface area contributed by atoms with Crippen LogP contribution in [0, 0.1) is 13.8 Å². The fourth-order valence-electron chi connectivity index (χ4n) is 7.56. The van der Waals surface area contributed by atoms with Gasteiger partial charge in [0.1, 0.15) is 17.1 Å². The summed E-state index contributed by atoms with van der Waals surface area (Å²) in [7, 11) is 1.36. The number of aromatic amines is 1. The lowest BCUT2D eigenvalue weighted by molar-refractivity contribution is -0.141. The van der Waals surface area contributed by atoms with E-state index in [-0.39, 0.29) is 30.2 Å². The minimum absolute atomic E-state index is 0.00644. The maximum Gasteiger partial charge on any atom is 0.407 e. The Kier molecular flexibility index (Phi) is 9.47. The van der Waals surface area contributed by atoms with Gasteiger partial charge < -0.3 is 24.0 Å². The Morgan fingerprint density at radius 3 is 2.43 bits per heavy atom. The van der Waals surface area contributed by atoms with Gasteiger partial charge in [-0.05, 0) is 80.5 Å². The third-order valence-corrected chi connectivity index (χ3v) is 10.2. The molecule has 1 amide bonds. The highest BCUT2D eigenvalue weighted by molar-refractivity contribution is 5.84. The summed E-state index contributed by atoms with van der Waals surface area (Å²) < 4.78 is 43.1. The molecule has 2 aromatic heterocycles. The van der Waals surface area contributed by atoms with Crippen LogP contribution in [0.15, 0.2) is 59.1 Å². The number of alkyl halides is 2. The number of benzene rings is 3. The first-order valence-corrected chi connectivity index (χ1v) is 17.1. The summed E-state index contributed by atoms with van der Waals surface area (Å²) in [5.41, 5.74) is 7.63. The molecule has 2 saturated heterocycles. The topological polar surface area (TPSA) is 134 Å². The van der Waals surface area contributed by atoms with Crippen LogP contribution in [-0.4, -0.2) is 74.8 Å². The zero-order valence-electron chi connectivity index (χ0n) is 28.6. The third kappa shape index (κ3) is 6.77. The summed E-state index contributed by atoms with van der Waals surface area (Å²) >= 11 is 0. The van der Waals surface area contributed by atoms with Crippen molar-refractivity contribution in [3.63, 3.8) is 0 Å². The van der Waals surface area contributed by atoms with E-state index in [2.05, 4.69) is 9.88 Å². The molecule has 0 saturated carbocycles. The zero-order valence-corrected chi connectivity index (χ0v) is 28.6. The van der Waals surface area contributed by atoms with Gasteiger partial charge >= 0.3 is 18.7 Å². The highest BCUT2D eigenvalue weighted by Gasteiger charge is 2.32. The molecule has 2 atom stereocenters. The second kappa shape index (κ2) is 14.1. The highest BCUT2D eigenvalue weighted by Crippen LogP contribution is 2.39. The number of likely N-dealkylation sites (tertiary alicyclic amines) is 2. The fourth-order valence-corrected chi connectivity index (χ4v) is 7.56. The van der Waals surface area contributed by atoms with Gasteiger partial charge in [-0.25, -0.2) is 14.8 Å². The molecule has 0 radical (unpaired) electrons. The summed E-state index contributed by atoms with van der Waals surface area (Å²) in [6.45, 7) is 2.51. The first-order chi connectivity index (χ1) is 24.6. The monoisotopic (exact) mass is 699 g/mol. The molecule has 4 heterocycles. The maximum atomic E-state index is 13.6. The SMILES string of the molecule is COC(=O)C[C@@H]1CCCN1Cc1cc2nc(-c3cccc(-c4cccc(-c5c[nH]c([C@@H]6CCCN6C(=O)O)n5)c4C)c3C)oc2cc1OC(F)F. The van der Waals surface area contributed by atoms with Crippen molar-refractivity contribution in [2.75, 3.05) is 20.2 Å². The Hall–Kier alpha value is -5.30. The van der Waals surface area contributed by atoms with E-state index in [9.17, 15) is 23.5 Å². The van der Waals surface area contributed by atoms with Gasteiger partial charge in [-0.15, -0.1) is 0 Å².